The minimum Gasteiger partial charge on any atom is -0.376 e. The zero-order chi connectivity index (χ0) is 15.6. The molecule has 0 bridgehead atoms. The molecule has 0 saturated heterocycles. The summed E-state index contributed by atoms with van der Waals surface area (Å²) in [5.74, 6) is 0.779. The van der Waals surface area contributed by atoms with Crippen molar-refractivity contribution in [2.45, 2.75) is 32.4 Å². The molecule has 23 heavy (non-hydrogen) atoms. The Bertz CT molecular complexity index is 698. The lowest BCUT2D eigenvalue weighted by Gasteiger charge is -2.29. The molecule has 4 rings (SSSR count). The fraction of sp³-hybridized carbons (Fsp3) is 0.471. The van der Waals surface area contributed by atoms with Crippen LogP contribution in [-0.2, 0) is 24.3 Å². The van der Waals surface area contributed by atoms with Crippen molar-refractivity contribution in [3.63, 3.8) is 0 Å². The number of nitrogens with zero attached hydrogens (tertiary/aromatic N) is 3. The highest BCUT2D eigenvalue weighted by atomic mass is 32.1. The summed E-state index contributed by atoms with van der Waals surface area (Å²) in [5.41, 5.74) is 5.84. The molecule has 2 aromatic heterocycles. The number of hydrogen-bond donors (Lipinski definition) is 0. The molecular weight excluding hydrogens is 310 g/mol. The van der Waals surface area contributed by atoms with Gasteiger partial charge in [0.05, 0.1) is 12.1 Å². The summed E-state index contributed by atoms with van der Waals surface area (Å²) in [7, 11) is 0. The van der Waals surface area contributed by atoms with Crippen LogP contribution in [0.2, 0.25) is 0 Å². The molecule has 0 unspecified atom stereocenters. The molecule has 2 aliphatic rings. The van der Waals surface area contributed by atoms with Gasteiger partial charge in [-0.1, -0.05) is 0 Å². The van der Waals surface area contributed by atoms with Gasteiger partial charge in [-0.15, -0.1) is 11.3 Å². The third-order valence-corrected chi connectivity index (χ3v) is 5.06. The van der Waals surface area contributed by atoms with Crippen LogP contribution in [0, 0.1) is 5.92 Å². The fourth-order valence-corrected chi connectivity index (χ4v) is 3.49. The van der Waals surface area contributed by atoms with Crippen molar-refractivity contribution in [3.8, 4) is 0 Å². The molecule has 5 nitrogen and oxygen atoms in total. The molecule has 1 fully saturated rings. The number of ether oxygens (including phenoxy) is 1. The minimum atomic E-state index is 0.00675. The second kappa shape index (κ2) is 6.37. The van der Waals surface area contributed by atoms with Gasteiger partial charge in [0.15, 0.2) is 0 Å². The summed E-state index contributed by atoms with van der Waals surface area (Å²) >= 11 is 1.45. The number of thiazole rings is 1. The molecular formula is C17H19N3O2S. The largest absolute Gasteiger partial charge is 0.376 e. The van der Waals surface area contributed by atoms with Crippen LogP contribution in [0.4, 0.5) is 0 Å². The van der Waals surface area contributed by atoms with Crippen molar-refractivity contribution in [1.29, 1.82) is 0 Å². The first-order valence-electron chi connectivity index (χ1n) is 8.01. The predicted octanol–water partition coefficient (Wildman–Crippen LogP) is 2.66. The number of rotatable bonds is 5. The Labute approximate surface area is 139 Å². The second-order valence-electron chi connectivity index (χ2n) is 6.25. The van der Waals surface area contributed by atoms with Crippen molar-refractivity contribution in [1.82, 2.24) is 14.9 Å². The van der Waals surface area contributed by atoms with Gasteiger partial charge in [0.2, 0.25) is 0 Å². The van der Waals surface area contributed by atoms with Crippen LogP contribution >= 0.6 is 11.3 Å². The maximum atomic E-state index is 12.4. The quantitative estimate of drug-likeness (QED) is 0.846. The molecule has 1 aliphatic carbocycles. The van der Waals surface area contributed by atoms with E-state index in [1.54, 1.807) is 10.9 Å². The third-order valence-electron chi connectivity index (χ3n) is 4.48. The van der Waals surface area contributed by atoms with E-state index in [9.17, 15) is 4.79 Å². The fourth-order valence-electron chi connectivity index (χ4n) is 2.97. The molecule has 1 amide bonds. The van der Waals surface area contributed by atoms with Crippen molar-refractivity contribution < 1.29 is 9.53 Å². The highest BCUT2D eigenvalue weighted by molar-refractivity contribution is 7.07. The topological polar surface area (TPSA) is 55.3 Å². The molecule has 3 heterocycles. The Morgan fingerprint density at radius 3 is 3.09 bits per heavy atom. The van der Waals surface area contributed by atoms with Gasteiger partial charge in [-0.3, -0.25) is 9.78 Å². The summed E-state index contributed by atoms with van der Waals surface area (Å²) in [6.07, 6.45) is 7.25. The minimum absolute atomic E-state index is 0.00675. The van der Waals surface area contributed by atoms with Crippen LogP contribution < -0.4 is 0 Å². The van der Waals surface area contributed by atoms with Crippen molar-refractivity contribution in [3.05, 3.63) is 45.7 Å². The van der Waals surface area contributed by atoms with Gasteiger partial charge in [0.25, 0.3) is 5.91 Å². The van der Waals surface area contributed by atoms with E-state index in [1.165, 1.54) is 35.3 Å². The lowest BCUT2D eigenvalue weighted by molar-refractivity contribution is 0.0727. The number of amides is 1. The summed E-state index contributed by atoms with van der Waals surface area (Å²) in [5, 5.41) is 1.80. The number of aromatic nitrogens is 2. The van der Waals surface area contributed by atoms with E-state index < -0.39 is 0 Å². The molecule has 0 radical (unpaired) electrons. The summed E-state index contributed by atoms with van der Waals surface area (Å²) in [4.78, 5) is 22.7. The van der Waals surface area contributed by atoms with Gasteiger partial charge >= 0.3 is 0 Å². The standard InChI is InChI=1S/C17H19N3O2S/c21-17(16-10-23-11-19-16)20-4-3-15-13(7-20)5-18-6-14(15)9-22-8-12-1-2-12/h5-6,10-12H,1-4,7-9H2. The lowest BCUT2D eigenvalue weighted by Crippen LogP contribution is -2.36. The van der Waals surface area contributed by atoms with Gasteiger partial charge in [-0.2, -0.15) is 0 Å². The van der Waals surface area contributed by atoms with Crippen molar-refractivity contribution in [2.75, 3.05) is 13.2 Å². The van der Waals surface area contributed by atoms with Crippen LogP contribution in [0.1, 0.15) is 40.0 Å². The Balaban J connectivity index is 1.45. The van der Waals surface area contributed by atoms with Crippen LogP contribution in [0.15, 0.2) is 23.3 Å². The molecule has 120 valence electrons. The SMILES string of the molecule is O=C(c1cscn1)N1CCc2c(COCC3CC3)cncc2C1. The van der Waals surface area contributed by atoms with Gasteiger partial charge in [0, 0.05) is 37.5 Å². The Morgan fingerprint density at radius 1 is 1.39 bits per heavy atom. The first-order chi connectivity index (χ1) is 11.3. The third kappa shape index (κ3) is 3.28. The number of pyridine rings is 1. The number of hydrogen-bond acceptors (Lipinski definition) is 5. The first-order valence-corrected chi connectivity index (χ1v) is 8.95. The van der Waals surface area contributed by atoms with Crippen molar-refractivity contribution >= 4 is 17.2 Å². The molecule has 0 atom stereocenters. The first kappa shape index (κ1) is 14.8. The zero-order valence-electron chi connectivity index (χ0n) is 12.9. The highest BCUT2D eigenvalue weighted by Gasteiger charge is 2.25. The summed E-state index contributed by atoms with van der Waals surface area (Å²) in [6, 6.07) is 0. The van der Waals surface area contributed by atoms with Crippen LogP contribution in [0.3, 0.4) is 0 Å². The molecule has 0 aromatic carbocycles. The van der Waals surface area contributed by atoms with E-state index in [2.05, 4.69) is 9.97 Å². The summed E-state index contributed by atoms with van der Waals surface area (Å²) < 4.78 is 5.81. The van der Waals surface area contributed by atoms with E-state index >= 15 is 0 Å². The van der Waals surface area contributed by atoms with E-state index in [1.807, 2.05) is 17.3 Å². The maximum absolute atomic E-state index is 12.4. The summed E-state index contributed by atoms with van der Waals surface area (Å²) in [6.45, 7) is 2.82. The Hall–Kier alpha value is -1.79. The van der Waals surface area contributed by atoms with E-state index in [0.717, 1.165) is 31.1 Å². The second-order valence-corrected chi connectivity index (χ2v) is 6.96. The molecule has 2 aromatic rings. The average Bonchev–Trinajstić information content (AvgIpc) is 3.24. The molecule has 1 saturated carbocycles. The van der Waals surface area contributed by atoms with E-state index in [4.69, 9.17) is 4.74 Å². The maximum Gasteiger partial charge on any atom is 0.273 e. The van der Waals surface area contributed by atoms with Crippen LogP contribution in [0.5, 0.6) is 0 Å². The van der Waals surface area contributed by atoms with Gasteiger partial charge < -0.3 is 9.64 Å². The lowest BCUT2D eigenvalue weighted by atomic mass is 9.97. The number of fused-ring (bicyclic) bond motifs is 1. The Morgan fingerprint density at radius 2 is 2.30 bits per heavy atom. The van der Waals surface area contributed by atoms with Gasteiger partial charge in [-0.25, -0.2) is 4.98 Å². The highest BCUT2D eigenvalue weighted by Crippen LogP contribution is 2.29. The van der Waals surface area contributed by atoms with Gasteiger partial charge in [-0.05, 0) is 41.9 Å². The predicted molar refractivity (Wildman–Crippen MR) is 87.2 cm³/mol. The van der Waals surface area contributed by atoms with Crippen LogP contribution in [-0.4, -0.2) is 33.9 Å². The van der Waals surface area contributed by atoms with Crippen LogP contribution in [0.25, 0.3) is 0 Å². The van der Waals surface area contributed by atoms with E-state index in [0.29, 0.717) is 18.8 Å². The molecule has 0 spiro atoms. The smallest absolute Gasteiger partial charge is 0.273 e. The molecule has 0 N–H and O–H groups in total. The number of carbonyl (C=O) groups excluding carboxylic acids is 1. The average molecular weight is 329 g/mol. The Kier molecular flexibility index (Phi) is 4.10. The molecule has 6 heteroatoms. The van der Waals surface area contributed by atoms with E-state index in [-0.39, 0.29) is 5.91 Å². The van der Waals surface area contributed by atoms with Gasteiger partial charge in [0.1, 0.15) is 5.69 Å². The monoisotopic (exact) mass is 329 g/mol. The number of carbonyl (C=O) groups is 1. The zero-order valence-corrected chi connectivity index (χ0v) is 13.7. The molecule has 1 aliphatic heterocycles. The van der Waals surface area contributed by atoms with Crippen molar-refractivity contribution in [2.24, 2.45) is 5.92 Å². The normalized spacial score (nSPS) is 17.1.